The Kier molecular flexibility index (Phi) is 3.47. The Bertz CT molecular complexity index is 1020. The zero-order valence-electron chi connectivity index (χ0n) is 14.7. The van der Waals surface area contributed by atoms with Crippen molar-refractivity contribution in [1.29, 1.82) is 0 Å². The Morgan fingerprint density at radius 1 is 1.14 bits per heavy atom. The van der Waals surface area contributed by atoms with Crippen molar-refractivity contribution in [2.75, 3.05) is 6.61 Å². The van der Waals surface area contributed by atoms with E-state index in [0.717, 1.165) is 5.56 Å². The van der Waals surface area contributed by atoms with E-state index < -0.39 is 42.3 Å². The number of phenols is 2. The standard InChI is InChI=1S/C20H18N2O6/c23-7-12-15-9(2-4-13(24)18(15)26)6-11-17-16-8(1-3-14(25)19(16)27)5-10(21-17)20(28)22(11)12/h1-4,6,10-12,17,21,23,25-27H,5,7H2/t10?,11?,12-,17?/m0/s1. The molecule has 1 amide bonds. The van der Waals surface area contributed by atoms with Gasteiger partial charge in [-0.3, -0.25) is 14.9 Å². The molecule has 0 radical (unpaired) electrons. The number of rotatable bonds is 1. The van der Waals surface area contributed by atoms with Gasteiger partial charge in [-0.05, 0) is 29.7 Å². The van der Waals surface area contributed by atoms with Crippen LogP contribution in [-0.4, -0.2) is 61.7 Å². The minimum Gasteiger partial charge on any atom is -0.504 e. The van der Waals surface area contributed by atoms with Gasteiger partial charge in [0, 0.05) is 11.1 Å². The van der Waals surface area contributed by atoms with Crippen LogP contribution in [0.5, 0.6) is 11.5 Å². The number of benzene rings is 1. The van der Waals surface area contributed by atoms with Crippen LogP contribution < -0.4 is 5.32 Å². The number of hydrogen-bond acceptors (Lipinski definition) is 7. The monoisotopic (exact) mass is 382 g/mol. The van der Waals surface area contributed by atoms with Gasteiger partial charge in [0.1, 0.15) is 0 Å². The van der Waals surface area contributed by atoms with Gasteiger partial charge < -0.3 is 25.3 Å². The van der Waals surface area contributed by atoms with E-state index >= 15 is 0 Å². The highest BCUT2D eigenvalue weighted by molar-refractivity contribution is 6.05. The molecule has 3 unspecified atom stereocenters. The smallest absolute Gasteiger partial charge is 0.241 e. The molecule has 1 aromatic rings. The highest BCUT2D eigenvalue weighted by Gasteiger charge is 2.51. The van der Waals surface area contributed by atoms with Crippen LogP contribution in [-0.2, 0) is 16.0 Å². The molecular weight excluding hydrogens is 364 g/mol. The predicted octanol–water partition coefficient (Wildman–Crippen LogP) is 0.116. The molecule has 28 heavy (non-hydrogen) atoms. The van der Waals surface area contributed by atoms with E-state index in [1.54, 1.807) is 18.2 Å². The van der Waals surface area contributed by atoms with E-state index in [1.165, 1.54) is 17.0 Å². The van der Waals surface area contributed by atoms with Crippen LogP contribution in [0.2, 0.25) is 0 Å². The lowest BCUT2D eigenvalue weighted by Gasteiger charge is -2.52. The van der Waals surface area contributed by atoms with E-state index in [2.05, 4.69) is 5.32 Å². The van der Waals surface area contributed by atoms with Gasteiger partial charge in [0.2, 0.25) is 11.7 Å². The van der Waals surface area contributed by atoms with E-state index in [4.69, 9.17) is 0 Å². The summed E-state index contributed by atoms with van der Waals surface area (Å²) >= 11 is 0. The van der Waals surface area contributed by atoms with Gasteiger partial charge in [-0.15, -0.1) is 0 Å². The van der Waals surface area contributed by atoms with Gasteiger partial charge in [-0.2, -0.15) is 0 Å². The second kappa shape index (κ2) is 5.70. The van der Waals surface area contributed by atoms with Gasteiger partial charge in [-0.25, -0.2) is 0 Å². The van der Waals surface area contributed by atoms with Crippen LogP contribution in [0, 0.1) is 0 Å². The summed E-state index contributed by atoms with van der Waals surface area (Å²) < 4.78 is 0. The normalized spacial score (nSPS) is 30.6. The van der Waals surface area contributed by atoms with E-state index in [-0.39, 0.29) is 23.0 Å². The third-order valence-electron chi connectivity index (χ3n) is 6.02. The van der Waals surface area contributed by atoms with Crippen molar-refractivity contribution < 1.29 is 30.0 Å². The van der Waals surface area contributed by atoms with Gasteiger partial charge in [0.15, 0.2) is 17.3 Å². The van der Waals surface area contributed by atoms with Crippen molar-refractivity contribution in [2.45, 2.75) is 30.6 Å². The number of carbonyl (C=O) groups is 2. The zero-order chi connectivity index (χ0) is 19.7. The van der Waals surface area contributed by atoms with Crippen LogP contribution in [0.3, 0.4) is 0 Å². The molecule has 8 nitrogen and oxygen atoms in total. The molecule has 3 heterocycles. The molecule has 5 N–H and O–H groups in total. The van der Waals surface area contributed by atoms with Gasteiger partial charge in [0.25, 0.3) is 0 Å². The van der Waals surface area contributed by atoms with Crippen molar-refractivity contribution in [1.82, 2.24) is 10.2 Å². The first-order chi connectivity index (χ1) is 13.4. The van der Waals surface area contributed by atoms with E-state index in [1.807, 2.05) is 0 Å². The molecule has 5 rings (SSSR count). The van der Waals surface area contributed by atoms with Gasteiger partial charge in [0.05, 0.1) is 30.8 Å². The SMILES string of the molecule is O=C1C=CC2=CC3C4NC(Cc5ccc(O)c(O)c54)C(=O)N3[C@@H](CO)C2=C1O. The number of aliphatic hydroxyl groups is 2. The van der Waals surface area contributed by atoms with Crippen molar-refractivity contribution >= 4 is 11.7 Å². The van der Waals surface area contributed by atoms with Crippen molar-refractivity contribution in [3.05, 3.63) is 58.4 Å². The maximum atomic E-state index is 13.2. The quantitative estimate of drug-likeness (QED) is 0.436. The Morgan fingerprint density at radius 2 is 1.93 bits per heavy atom. The zero-order valence-corrected chi connectivity index (χ0v) is 14.7. The molecule has 0 spiro atoms. The summed E-state index contributed by atoms with van der Waals surface area (Å²) in [5, 5.41) is 44.0. The molecule has 1 saturated heterocycles. The Labute approximate surface area is 159 Å². The minimum absolute atomic E-state index is 0.236. The average molecular weight is 382 g/mol. The Hall–Kier alpha value is -3.10. The molecule has 4 atom stereocenters. The molecule has 8 heteroatoms. The number of amides is 1. The van der Waals surface area contributed by atoms with Crippen LogP contribution >= 0.6 is 0 Å². The summed E-state index contributed by atoms with van der Waals surface area (Å²) in [6.07, 6.45) is 4.86. The van der Waals surface area contributed by atoms with Crippen LogP contribution in [0.15, 0.2) is 47.3 Å². The van der Waals surface area contributed by atoms with Gasteiger partial charge >= 0.3 is 0 Å². The highest BCUT2D eigenvalue weighted by Crippen LogP contribution is 2.47. The molecule has 0 aromatic heterocycles. The number of nitrogens with one attached hydrogen (secondary N) is 1. The third-order valence-corrected chi connectivity index (χ3v) is 6.02. The lowest BCUT2D eigenvalue weighted by atomic mass is 9.76. The number of ketones is 1. The average Bonchev–Trinajstić information content (AvgIpc) is 2.70. The van der Waals surface area contributed by atoms with Crippen LogP contribution in [0.4, 0.5) is 0 Å². The van der Waals surface area contributed by atoms with Gasteiger partial charge in [-0.1, -0.05) is 18.2 Å². The molecule has 1 aliphatic carbocycles. The largest absolute Gasteiger partial charge is 0.504 e. The molecule has 144 valence electrons. The van der Waals surface area contributed by atoms with E-state index in [0.29, 0.717) is 17.6 Å². The first-order valence-corrected chi connectivity index (χ1v) is 9.03. The predicted molar refractivity (Wildman–Crippen MR) is 96.5 cm³/mol. The summed E-state index contributed by atoms with van der Waals surface area (Å²) in [4.78, 5) is 26.6. The Morgan fingerprint density at radius 3 is 2.68 bits per heavy atom. The maximum absolute atomic E-state index is 13.2. The summed E-state index contributed by atoms with van der Waals surface area (Å²) in [6, 6.07) is 0.580. The molecule has 1 fully saturated rings. The molecule has 0 saturated carbocycles. The Balaban J connectivity index is 1.73. The van der Waals surface area contributed by atoms with Crippen molar-refractivity contribution in [3.8, 4) is 11.5 Å². The second-order valence-electron chi connectivity index (χ2n) is 7.42. The molecular formula is C20H18N2O6. The number of allylic oxidation sites excluding steroid dienone is 2. The first kappa shape index (κ1) is 17.0. The molecule has 1 aromatic carbocycles. The first-order valence-electron chi connectivity index (χ1n) is 9.03. The molecule has 3 aliphatic heterocycles. The van der Waals surface area contributed by atoms with Crippen LogP contribution in [0.25, 0.3) is 0 Å². The molecule has 4 aliphatic rings. The van der Waals surface area contributed by atoms with E-state index in [9.17, 15) is 30.0 Å². The number of aliphatic hydroxyl groups excluding tert-OH is 2. The highest BCUT2D eigenvalue weighted by atomic mass is 16.3. The fourth-order valence-electron chi connectivity index (χ4n) is 4.80. The lowest BCUT2D eigenvalue weighted by Crippen LogP contribution is -2.67. The lowest BCUT2D eigenvalue weighted by molar-refractivity contribution is -0.143. The summed E-state index contributed by atoms with van der Waals surface area (Å²) in [6.45, 7) is -0.460. The number of fused-ring (bicyclic) bond motifs is 7. The fraction of sp³-hybridized carbons (Fsp3) is 0.300. The minimum atomic E-state index is -0.875. The number of aromatic hydroxyl groups is 2. The summed E-state index contributed by atoms with van der Waals surface area (Å²) in [7, 11) is 0. The third kappa shape index (κ3) is 2.07. The number of hydrogen-bond donors (Lipinski definition) is 5. The maximum Gasteiger partial charge on any atom is 0.241 e. The summed E-state index contributed by atoms with van der Waals surface area (Å²) in [5.74, 6) is -1.77. The second-order valence-corrected chi connectivity index (χ2v) is 7.42. The topological polar surface area (TPSA) is 130 Å². The number of piperazine rings is 1. The van der Waals surface area contributed by atoms with Crippen LogP contribution in [0.1, 0.15) is 17.2 Å². The fourth-order valence-corrected chi connectivity index (χ4v) is 4.80. The number of phenolic OH excluding ortho intramolecular Hbond substituents is 2. The molecule has 2 bridgehead atoms. The van der Waals surface area contributed by atoms with Crippen molar-refractivity contribution in [3.63, 3.8) is 0 Å². The van der Waals surface area contributed by atoms with Crippen molar-refractivity contribution in [2.24, 2.45) is 0 Å². The number of nitrogens with zero attached hydrogens (tertiary/aromatic N) is 1. The number of carbonyl (C=O) groups excluding carboxylic acids is 2. The summed E-state index contributed by atoms with van der Waals surface area (Å²) in [5.41, 5.74) is 2.08.